The van der Waals surface area contributed by atoms with Crippen LogP contribution in [0.4, 0.5) is 0 Å². The molecular formula is C24H26N2O5. The van der Waals surface area contributed by atoms with E-state index in [1.165, 1.54) is 6.92 Å². The molecule has 3 rings (SSSR count). The Morgan fingerprint density at radius 2 is 1.48 bits per heavy atom. The maximum atomic E-state index is 13.0. The molecule has 0 heterocycles. The van der Waals surface area contributed by atoms with Crippen molar-refractivity contribution in [3.63, 3.8) is 0 Å². The van der Waals surface area contributed by atoms with Gasteiger partial charge < -0.3 is 20.1 Å². The van der Waals surface area contributed by atoms with E-state index in [2.05, 4.69) is 10.6 Å². The summed E-state index contributed by atoms with van der Waals surface area (Å²) in [5, 5.41) is 5.58. The number of nitrogens with one attached hydrogen (secondary N) is 2. The lowest BCUT2D eigenvalue weighted by Crippen LogP contribution is -2.38. The fourth-order valence-electron chi connectivity index (χ4n) is 3.42. The summed E-state index contributed by atoms with van der Waals surface area (Å²) < 4.78 is 11.2. The second-order valence-corrected chi connectivity index (χ2v) is 6.96. The van der Waals surface area contributed by atoms with Crippen LogP contribution in [-0.4, -0.2) is 37.2 Å². The number of carbonyl (C=O) groups is 3. The first-order valence-corrected chi connectivity index (χ1v) is 10.3. The number of allylic oxidation sites excluding steroid dienone is 2. The van der Waals surface area contributed by atoms with Crippen molar-refractivity contribution in [3.05, 3.63) is 70.5 Å². The molecular weight excluding hydrogens is 396 g/mol. The number of benzene rings is 2. The van der Waals surface area contributed by atoms with Crippen LogP contribution in [0.15, 0.2) is 53.9 Å². The van der Waals surface area contributed by atoms with Gasteiger partial charge in [-0.05, 0) is 38.0 Å². The normalized spacial score (nSPS) is 13.0. The molecule has 31 heavy (non-hydrogen) atoms. The number of ketones is 2. The Hall–Kier alpha value is -3.61. The van der Waals surface area contributed by atoms with Crippen LogP contribution < -0.4 is 20.1 Å². The van der Waals surface area contributed by atoms with E-state index in [1.807, 2.05) is 32.0 Å². The van der Waals surface area contributed by atoms with Crippen molar-refractivity contribution < 1.29 is 23.9 Å². The van der Waals surface area contributed by atoms with E-state index < -0.39 is 5.91 Å². The van der Waals surface area contributed by atoms with Crippen LogP contribution >= 0.6 is 0 Å². The van der Waals surface area contributed by atoms with E-state index in [0.29, 0.717) is 43.2 Å². The van der Waals surface area contributed by atoms with Gasteiger partial charge in [0.25, 0.3) is 0 Å². The molecule has 0 fully saturated rings. The lowest BCUT2D eigenvalue weighted by molar-refractivity contribution is -0.118. The molecule has 162 valence electrons. The Morgan fingerprint density at radius 3 is 2.10 bits per heavy atom. The predicted octanol–water partition coefficient (Wildman–Crippen LogP) is 3.04. The smallest absolute Gasteiger partial charge is 0.221 e. The highest BCUT2D eigenvalue weighted by atomic mass is 16.5. The zero-order valence-corrected chi connectivity index (χ0v) is 17.9. The summed E-state index contributed by atoms with van der Waals surface area (Å²) in [5.41, 5.74) is 1.68. The fourth-order valence-corrected chi connectivity index (χ4v) is 3.42. The molecule has 0 bridgehead atoms. The zero-order chi connectivity index (χ0) is 22.4. The van der Waals surface area contributed by atoms with Crippen LogP contribution in [-0.2, 0) is 11.2 Å². The third kappa shape index (κ3) is 4.94. The molecule has 0 spiro atoms. The first kappa shape index (κ1) is 22.1. The number of amides is 1. The molecule has 2 aromatic rings. The first-order chi connectivity index (χ1) is 15.0. The summed E-state index contributed by atoms with van der Waals surface area (Å²) in [4.78, 5) is 37.5. The van der Waals surface area contributed by atoms with Crippen LogP contribution in [0.3, 0.4) is 0 Å². The van der Waals surface area contributed by atoms with Crippen LogP contribution in [0.25, 0.3) is 0 Å². The Balaban J connectivity index is 1.80. The second kappa shape index (κ2) is 9.93. The van der Waals surface area contributed by atoms with Gasteiger partial charge in [0.15, 0.2) is 11.5 Å². The molecule has 0 unspecified atom stereocenters. The van der Waals surface area contributed by atoms with E-state index in [1.54, 1.807) is 24.3 Å². The van der Waals surface area contributed by atoms with Crippen molar-refractivity contribution in [2.24, 2.45) is 0 Å². The molecule has 0 aliphatic heterocycles. The molecule has 0 atom stereocenters. The topological polar surface area (TPSA) is 93.7 Å². The maximum Gasteiger partial charge on any atom is 0.221 e. The minimum absolute atomic E-state index is 0.0158. The van der Waals surface area contributed by atoms with Gasteiger partial charge in [-0.3, -0.25) is 14.4 Å². The fraction of sp³-hybridized carbons (Fsp3) is 0.292. The van der Waals surface area contributed by atoms with Crippen molar-refractivity contribution in [3.8, 4) is 11.5 Å². The lowest BCUT2D eigenvalue weighted by Gasteiger charge is -2.22. The number of carbonyl (C=O) groups excluding carboxylic acids is 3. The van der Waals surface area contributed by atoms with Gasteiger partial charge in [0.05, 0.1) is 13.2 Å². The second-order valence-electron chi connectivity index (χ2n) is 6.96. The molecule has 0 saturated heterocycles. The van der Waals surface area contributed by atoms with Crippen molar-refractivity contribution >= 4 is 17.5 Å². The maximum absolute atomic E-state index is 13.0. The summed E-state index contributed by atoms with van der Waals surface area (Å²) in [6, 6.07) is 12.3. The number of hydrogen-bond acceptors (Lipinski definition) is 6. The molecule has 0 radical (unpaired) electrons. The Kier molecular flexibility index (Phi) is 7.07. The Morgan fingerprint density at radius 1 is 0.871 bits per heavy atom. The van der Waals surface area contributed by atoms with E-state index in [9.17, 15) is 14.4 Å². The van der Waals surface area contributed by atoms with E-state index in [-0.39, 0.29) is 28.5 Å². The minimum Gasteiger partial charge on any atom is -0.490 e. The highest BCUT2D eigenvalue weighted by molar-refractivity contribution is 6.27. The molecule has 7 heteroatoms. The largest absolute Gasteiger partial charge is 0.490 e. The molecule has 1 aliphatic carbocycles. The summed E-state index contributed by atoms with van der Waals surface area (Å²) in [6.07, 6.45) is 0.576. The van der Waals surface area contributed by atoms with E-state index in [4.69, 9.17) is 9.47 Å². The molecule has 1 aliphatic rings. The van der Waals surface area contributed by atoms with Gasteiger partial charge in [0.1, 0.15) is 11.4 Å². The predicted molar refractivity (Wildman–Crippen MR) is 116 cm³/mol. The van der Waals surface area contributed by atoms with Gasteiger partial charge in [-0.2, -0.15) is 0 Å². The molecule has 2 N–H and O–H groups in total. The third-order valence-corrected chi connectivity index (χ3v) is 4.74. The Bertz CT molecular complexity index is 1040. The SMILES string of the molecule is CCOc1ccc(CCNC2=C(NC(C)=O)C(=O)c3ccccc3C2=O)cc1OCC. The van der Waals surface area contributed by atoms with Crippen LogP contribution in [0, 0.1) is 0 Å². The lowest BCUT2D eigenvalue weighted by atomic mass is 9.90. The number of Topliss-reactive ketones (excluding diaryl/α,β-unsaturated/α-hetero) is 2. The van der Waals surface area contributed by atoms with Crippen LogP contribution in [0.1, 0.15) is 47.1 Å². The number of fused-ring (bicyclic) bond motifs is 1. The highest BCUT2D eigenvalue weighted by Gasteiger charge is 2.32. The van der Waals surface area contributed by atoms with E-state index in [0.717, 1.165) is 5.56 Å². The quantitative estimate of drug-likeness (QED) is 0.645. The van der Waals surface area contributed by atoms with Crippen LogP contribution in [0.2, 0.25) is 0 Å². The summed E-state index contributed by atoms with van der Waals surface area (Å²) in [5.74, 6) is 0.232. The molecule has 0 saturated carbocycles. The third-order valence-electron chi connectivity index (χ3n) is 4.74. The van der Waals surface area contributed by atoms with Gasteiger partial charge in [0.2, 0.25) is 17.5 Å². The zero-order valence-electron chi connectivity index (χ0n) is 17.9. The molecule has 7 nitrogen and oxygen atoms in total. The highest BCUT2D eigenvalue weighted by Crippen LogP contribution is 2.29. The number of ether oxygens (including phenoxy) is 2. The van der Waals surface area contributed by atoms with E-state index >= 15 is 0 Å². The molecule has 2 aromatic carbocycles. The Labute approximate surface area is 181 Å². The van der Waals surface area contributed by atoms with Crippen molar-refractivity contribution in [1.82, 2.24) is 10.6 Å². The average molecular weight is 422 g/mol. The van der Waals surface area contributed by atoms with Crippen molar-refractivity contribution in [1.29, 1.82) is 0 Å². The van der Waals surface area contributed by atoms with Crippen molar-refractivity contribution in [2.45, 2.75) is 27.2 Å². The number of rotatable bonds is 9. The summed E-state index contributed by atoms with van der Waals surface area (Å²) in [7, 11) is 0. The van der Waals surface area contributed by atoms with Gasteiger partial charge in [0, 0.05) is 24.6 Å². The average Bonchev–Trinajstić information content (AvgIpc) is 2.75. The monoisotopic (exact) mass is 422 g/mol. The van der Waals surface area contributed by atoms with Crippen molar-refractivity contribution in [2.75, 3.05) is 19.8 Å². The number of hydrogen-bond donors (Lipinski definition) is 2. The van der Waals surface area contributed by atoms with Gasteiger partial charge >= 0.3 is 0 Å². The molecule has 1 amide bonds. The first-order valence-electron chi connectivity index (χ1n) is 10.3. The van der Waals surface area contributed by atoms with Gasteiger partial charge in [-0.15, -0.1) is 0 Å². The standard InChI is InChI=1S/C24H26N2O5/c1-4-30-19-11-10-16(14-20(19)31-5-2)12-13-25-21-22(26-15(3)27)24(29)18-9-7-6-8-17(18)23(21)28/h6-11,14,25H,4-5,12-13H2,1-3H3,(H,26,27). The van der Waals surface area contributed by atoms with Crippen LogP contribution in [0.5, 0.6) is 11.5 Å². The minimum atomic E-state index is -0.414. The van der Waals surface area contributed by atoms with Gasteiger partial charge in [-0.1, -0.05) is 30.3 Å². The summed E-state index contributed by atoms with van der Waals surface area (Å²) in [6.45, 7) is 6.57. The summed E-state index contributed by atoms with van der Waals surface area (Å²) >= 11 is 0. The van der Waals surface area contributed by atoms with Gasteiger partial charge in [-0.25, -0.2) is 0 Å². The molecule has 0 aromatic heterocycles.